The van der Waals surface area contributed by atoms with Crippen LogP contribution in [0.2, 0.25) is 0 Å². The topological polar surface area (TPSA) is 42.2 Å². The summed E-state index contributed by atoms with van der Waals surface area (Å²) >= 11 is 1.67. The molecule has 0 aliphatic heterocycles. The van der Waals surface area contributed by atoms with Gasteiger partial charge in [0.05, 0.1) is 11.2 Å². The number of aromatic nitrogens is 1. The Kier molecular flexibility index (Phi) is 3.19. The quantitative estimate of drug-likeness (QED) is 0.889. The number of nitrogens with zero attached hydrogens (tertiary/aromatic N) is 2. The molecule has 0 amide bonds. The molecule has 2 bridgehead atoms. The molecule has 2 fully saturated rings. The smallest absolute Gasteiger partial charge is 0.0795 e. The van der Waals surface area contributed by atoms with Crippen LogP contribution in [0.5, 0.6) is 0 Å². The fourth-order valence-electron chi connectivity index (χ4n) is 3.74. The van der Waals surface area contributed by atoms with Crippen molar-refractivity contribution >= 4 is 11.3 Å². The normalized spacial score (nSPS) is 35.9. The largest absolute Gasteiger partial charge is 0.327 e. The number of fused-ring (bicyclic) bond motifs is 2. The Morgan fingerprint density at radius 2 is 2.29 bits per heavy atom. The Bertz CT molecular complexity index is 363. The SMILES string of the molecule is CN(Cc1cscn1)CC1C2CCC(C2)C1N. The zero-order valence-corrected chi connectivity index (χ0v) is 11.2. The standard InChI is InChI=1S/C13H21N3S/c1-16(5-11-7-17-8-15-11)6-12-9-2-3-10(4-9)13(12)14/h7-10,12-13H,2-6,14H2,1H3. The molecule has 2 aliphatic rings. The second kappa shape index (κ2) is 4.67. The highest BCUT2D eigenvalue weighted by Gasteiger charge is 2.45. The summed E-state index contributed by atoms with van der Waals surface area (Å²) in [6, 6.07) is 0.451. The Hall–Kier alpha value is -0.450. The van der Waals surface area contributed by atoms with Crippen molar-refractivity contribution in [2.45, 2.75) is 31.8 Å². The Labute approximate surface area is 107 Å². The maximum atomic E-state index is 6.35. The Morgan fingerprint density at radius 3 is 2.94 bits per heavy atom. The van der Waals surface area contributed by atoms with E-state index in [9.17, 15) is 0 Å². The van der Waals surface area contributed by atoms with Crippen LogP contribution >= 0.6 is 11.3 Å². The summed E-state index contributed by atoms with van der Waals surface area (Å²) in [6.07, 6.45) is 4.17. The number of hydrogen-bond acceptors (Lipinski definition) is 4. The van der Waals surface area contributed by atoms with Crippen molar-refractivity contribution in [1.82, 2.24) is 9.88 Å². The molecule has 4 unspecified atom stereocenters. The zero-order valence-electron chi connectivity index (χ0n) is 10.4. The van der Waals surface area contributed by atoms with Gasteiger partial charge in [-0.15, -0.1) is 11.3 Å². The molecule has 0 spiro atoms. The van der Waals surface area contributed by atoms with Crippen LogP contribution in [0.1, 0.15) is 25.0 Å². The van der Waals surface area contributed by atoms with Gasteiger partial charge in [0, 0.05) is 24.5 Å². The molecule has 1 heterocycles. The number of thiazole rings is 1. The van der Waals surface area contributed by atoms with Gasteiger partial charge in [-0.3, -0.25) is 0 Å². The molecular weight excluding hydrogens is 230 g/mol. The molecule has 0 radical (unpaired) electrons. The molecule has 2 aliphatic carbocycles. The average Bonchev–Trinajstić information content (AvgIpc) is 2.98. The first-order valence-electron chi connectivity index (χ1n) is 6.55. The van der Waals surface area contributed by atoms with Crippen LogP contribution < -0.4 is 5.73 Å². The molecule has 2 saturated carbocycles. The summed E-state index contributed by atoms with van der Waals surface area (Å²) in [5.74, 6) is 2.43. The van der Waals surface area contributed by atoms with Crippen molar-refractivity contribution in [1.29, 1.82) is 0 Å². The van der Waals surface area contributed by atoms with Gasteiger partial charge in [0.25, 0.3) is 0 Å². The third-order valence-corrected chi connectivity index (χ3v) is 5.23. The lowest BCUT2D eigenvalue weighted by Gasteiger charge is -2.31. The maximum absolute atomic E-state index is 6.35. The van der Waals surface area contributed by atoms with Crippen molar-refractivity contribution in [2.24, 2.45) is 23.5 Å². The summed E-state index contributed by atoms with van der Waals surface area (Å²) in [5.41, 5.74) is 9.44. The van der Waals surface area contributed by atoms with Crippen LogP contribution in [0, 0.1) is 17.8 Å². The third-order valence-electron chi connectivity index (χ3n) is 4.60. The molecule has 1 aromatic rings. The molecule has 17 heavy (non-hydrogen) atoms. The molecule has 94 valence electrons. The fourth-order valence-corrected chi connectivity index (χ4v) is 4.29. The van der Waals surface area contributed by atoms with Gasteiger partial charge in [-0.2, -0.15) is 0 Å². The van der Waals surface area contributed by atoms with Gasteiger partial charge >= 0.3 is 0 Å². The third kappa shape index (κ3) is 2.26. The minimum atomic E-state index is 0.451. The molecular formula is C13H21N3S. The minimum Gasteiger partial charge on any atom is -0.327 e. The van der Waals surface area contributed by atoms with Gasteiger partial charge in [-0.05, 0) is 44.1 Å². The zero-order chi connectivity index (χ0) is 11.8. The number of rotatable bonds is 4. The highest BCUT2D eigenvalue weighted by atomic mass is 32.1. The lowest BCUT2D eigenvalue weighted by Crippen LogP contribution is -2.41. The van der Waals surface area contributed by atoms with Crippen LogP contribution in [0.3, 0.4) is 0 Å². The van der Waals surface area contributed by atoms with Crippen LogP contribution in [-0.4, -0.2) is 29.5 Å². The number of hydrogen-bond donors (Lipinski definition) is 1. The van der Waals surface area contributed by atoms with E-state index >= 15 is 0 Å². The van der Waals surface area contributed by atoms with Crippen LogP contribution in [0.4, 0.5) is 0 Å². The summed E-state index contributed by atoms with van der Waals surface area (Å²) in [4.78, 5) is 6.73. The van der Waals surface area contributed by atoms with Gasteiger partial charge in [0.1, 0.15) is 0 Å². The number of nitrogens with two attached hydrogens (primary N) is 1. The molecule has 0 aromatic carbocycles. The molecule has 4 heteroatoms. The molecule has 4 atom stereocenters. The first-order valence-corrected chi connectivity index (χ1v) is 7.49. The Balaban J connectivity index is 1.56. The lowest BCUT2D eigenvalue weighted by atomic mass is 9.84. The molecule has 3 nitrogen and oxygen atoms in total. The van der Waals surface area contributed by atoms with E-state index in [-0.39, 0.29) is 0 Å². The van der Waals surface area contributed by atoms with E-state index in [1.54, 1.807) is 11.3 Å². The predicted molar refractivity (Wildman–Crippen MR) is 70.7 cm³/mol. The maximum Gasteiger partial charge on any atom is 0.0795 e. The van der Waals surface area contributed by atoms with E-state index in [1.165, 1.54) is 25.0 Å². The summed E-state index contributed by atoms with van der Waals surface area (Å²) in [7, 11) is 2.19. The van der Waals surface area contributed by atoms with Crippen LogP contribution in [-0.2, 0) is 6.54 Å². The molecule has 0 saturated heterocycles. The van der Waals surface area contributed by atoms with Crippen LogP contribution in [0.25, 0.3) is 0 Å². The molecule has 3 rings (SSSR count). The minimum absolute atomic E-state index is 0.451. The molecule has 1 aromatic heterocycles. The first kappa shape index (κ1) is 11.6. The fraction of sp³-hybridized carbons (Fsp3) is 0.769. The van der Waals surface area contributed by atoms with Crippen molar-refractivity contribution < 1.29 is 0 Å². The first-order chi connectivity index (χ1) is 8.24. The van der Waals surface area contributed by atoms with E-state index in [0.717, 1.165) is 30.8 Å². The Morgan fingerprint density at radius 1 is 1.47 bits per heavy atom. The van der Waals surface area contributed by atoms with E-state index in [0.29, 0.717) is 6.04 Å². The van der Waals surface area contributed by atoms with E-state index < -0.39 is 0 Å². The summed E-state index contributed by atoms with van der Waals surface area (Å²) in [6.45, 7) is 2.10. The average molecular weight is 251 g/mol. The van der Waals surface area contributed by atoms with E-state index in [1.807, 2.05) is 5.51 Å². The van der Waals surface area contributed by atoms with E-state index in [2.05, 4.69) is 22.3 Å². The van der Waals surface area contributed by atoms with Gasteiger partial charge in [0.15, 0.2) is 0 Å². The van der Waals surface area contributed by atoms with Crippen molar-refractivity contribution in [3.63, 3.8) is 0 Å². The van der Waals surface area contributed by atoms with Gasteiger partial charge in [0.2, 0.25) is 0 Å². The molecule has 2 N–H and O–H groups in total. The second-order valence-corrected chi connectivity index (χ2v) is 6.47. The van der Waals surface area contributed by atoms with Crippen molar-refractivity contribution in [3.05, 3.63) is 16.6 Å². The highest BCUT2D eigenvalue weighted by Crippen LogP contribution is 2.47. The van der Waals surface area contributed by atoms with Gasteiger partial charge < -0.3 is 10.6 Å². The van der Waals surface area contributed by atoms with Gasteiger partial charge in [-0.1, -0.05) is 0 Å². The second-order valence-electron chi connectivity index (χ2n) is 5.75. The highest BCUT2D eigenvalue weighted by molar-refractivity contribution is 7.07. The van der Waals surface area contributed by atoms with E-state index in [4.69, 9.17) is 5.73 Å². The summed E-state index contributed by atoms with van der Waals surface area (Å²) < 4.78 is 0. The lowest BCUT2D eigenvalue weighted by molar-refractivity contribution is 0.193. The van der Waals surface area contributed by atoms with Crippen molar-refractivity contribution in [2.75, 3.05) is 13.6 Å². The van der Waals surface area contributed by atoms with Crippen LogP contribution in [0.15, 0.2) is 10.9 Å². The summed E-state index contributed by atoms with van der Waals surface area (Å²) in [5, 5.41) is 2.14. The van der Waals surface area contributed by atoms with Gasteiger partial charge in [-0.25, -0.2) is 4.98 Å². The monoisotopic (exact) mass is 251 g/mol. The predicted octanol–water partition coefficient (Wildman–Crippen LogP) is 1.95. The van der Waals surface area contributed by atoms with Crippen molar-refractivity contribution in [3.8, 4) is 0 Å².